The Morgan fingerprint density at radius 2 is 1.26 bits per heavy atom. The second kappa shape index (κ2) is 6.04. The van der Waals surface area contributed by atoms with Crippen molar-refractivity contribution in [3.05, 3.63) is 101 Å². The average molecular weight is 299 g/mol. The highest BCUT2D eigenvalue weighted by Gasteiger charge is 2.26. The van der Waals surface area contributed by atoms with Crippen LogP contribution in [0.4, 0.5) is 0 Å². The van der Waals surface area contributed by atoms with Crippen LogP contribution in [-0.4, -0.2) is 0 Å². The molecule has 0 aromatic heterocycles. The summed E-state index contributed by atoms with van der Waals surface area (Å²) in [5.74, 6) is 0. The minimum Gasteiger partial charge on any atom is -0.0622 e. The lowest BCUT2D eigenvalue weighted by Crippen LogP contribution is -2.11. The Morgan fingerprint density at radius 3 is 1.70 bits per heavy atom. The van der Waals surface area contributed by atoms with Gasteiger partial charge in [-0.1, -0.05) is 87.5 Å². The fourth-order valence-electron chi connectivity index (χ4n) is 3.04. The van der Waals surface area contributed by atoms with Crippen LogP contribution in [0.1, 0.15) is 38.8 Å². The molecular weight excluding hydrogens is 276 g/mol. The van der Waals surface area contributed by atoms with Crippen molar-refractivity contribution in [2.45, 2.75) is 27.7 Å². The summed E-state index contributed by atoms with van der Waals surface area (Å²) in [4.78, 5) is 0. The van der Waals surface area contributed by atoms with Gasteiger partial charge < -0.3 is 0 Å². The van der Waals surface area contributed by atoms with Gasteiger partial charge in [-0.25, -0.2) is 0 Å². The molecule has 0 spiro atoms. The standard InChI is InChI=1S/C23H23/c1-17-15-20(21(16-17)23(2,3)4)22(18-11-7-5-8-12-18)19-13-9-6-10-14-19/h5-14,16H,1-4H3. The van der Waals surface area contributed by atoms with Crippen molar-refractivity contribution in [3.8, 4) is 0 Å². The molecule has 2 aromatic rings. The quantitative estimate of drug-likeness (QED) is 0.617. The summed E-state index contributed by atoms with van der Waals surface area (Å²) in [5, 5.41) is 0. The van der Waals surface area contributed by atoms with Crippen LogP contribution in [0, 0.1) is 11.5 Å². The molecule has 0 amide bonds. The van der Waals surface area contributed by atoms with Crippen molar-refractivity contribution >= 4 is 5.57 Å². The summed E-state index contributed by atoms with van der Waals surface area (Å²) in [7, 11) is 0. The van der Waals surface area contributed by atoms with Gasteiger partial charge in [-0.3, -0.25) is 0 Å². The van der Waals surface area contributed by atoms with E-state index in [1.54, 1.807) is 0 Å². The van der Waals surface area contributed by atoms with E-state index in [9.17, 15) is 0 Å². The van der Waals surface area contributed by atoms with Crippen molar-refractivity contribution in [1.29, 1.82) is 0 Å². The van der Waals surface area contributed by atoms with Gasteiger partial charge in [0.2, 0.25) is 0 Å². The molecule has 0 bridgehead atoms. The van der Waals surface area contributed by atoms with Crippen LogP contribution in [0.5, 0.6) is 0 Å². The van der Waals surface area contributed by atoms with Crippen LogP contribution < -0.4 is 0 Å². The lowest BCUT2D eigenvalue weighted by Gasteiger charge is -2.24. The van der Waals surface area contributed by atoms with E-state index in [2.05, 4.69) is 101 Å². The molecule has 0 fully saturated rings. The lowest BCUT2D eigenvalue weighted by atomic mass is 9.79. The average Bonchev–Trinajstić information content (AvgIpc) is 2.92. The molecule has 0 nitrogen and oxygen atoms in total. The number of hydrogen-bond donors (Lipinski definition) is 0. The van der Waals surface area contributed by atoms with Gasteiger partial charge in [0.15, 0.2) is 0 Å². The molecule has 0 heterocycles. The molecule has 0 saturated carbocycles. The van der Waals surface area contributed by atoms with E-state index in [0.29, 0.717) is 0 Å². The molecule has 0 aliphatic heterocycles. The molecule has 1 aliphatic rings. The van der Waals surface area contributed by atoms with Crippen LogP contribution in [0.2, 0.25) is 0 Å². The topological polar surface area (TPSA) is 0 Å². The zero-order valence-electron chi connectivity index (χ0n) is 14.4. The Hall–Kier alpha value is -2.34. The fraction of sp³-hybridized carbons (Fsp3) is 0.217. The Bertz CT molecular complexity index is 737. The highest BCUT2D eigenvalue weighted by Crippen LogP contribution is 2.42. The maximum Gasteiger partial charge on any atom is -0.00295 e. The van der Waals surface area contributed by atoms with E-state index >= 15 is 0 Å². The summed E-state index contributed by atoms with van der Waals surface area (Å²) < 4.78 is 0. The zero-order chi connectivity index (χ0) is 16.4. The van der Waals surface area contributed by atoms with Crippen molar-refractivity contribution in [2.75, 3.05) is 0 Å². The van der Waals surface area contributed by atoms with E-state index in [4.69, 9.17) is 0 Å². The zero-order valence-corrected chi connectivity index (χ0v) is 14.4. The molecule has 1 radical (unpaired) electrons. The normalized spacial score (nSPS) is 14.5. The van der Waals surface area contributed by atoms with Gasteiger partial charge >= 0.3 is 0 Å². The minimum atomic E-state index is 0.0922. The van der Waals surface area contributed by atoms with Gasteiger partial charge in [-0.15, -0.1) is 0 Å². The third-order valence-electron chi connectivity index (χ3n) is 4.14. The molecule has 0 heteroatoms. The van der Waals surface area contributed by atoms with Crippen LogP contribution >= 0.6 is 0 Å². The van der Waals surface area contributed by atoms with Crippen molar-refractivity contribution in [1.82, 2.24) is 0 Å². The molecular formula is C23H23. The lowest BCUT2D eigenvalue weighted by molar-refractivity contribution is 0.514. The summed E-state index contributed by atoms with van der Waals surface area (Å²) in [5.41, 5.74) is 7.63. The number of hydrogen-bond acceptors (Lipinski definition) is 0. The number of benzene rings is 2. The van der Waals surface area contributed by atoms with Gasteiger partial charge in [-0.05, 0) is 51.8 Å². The molecule has 2 aromatic carbocycles. The highest BCUT2D eigenvalue weighted by molar-refractivity contribution is 5.87. The third kappa shape index (κ3) is 3.22. The first-order valence-electron chi connectivity index (χ1n) is 8.15. The van der Waals surface area contributed by atoms with Crippen molar-refractivity contribution < 1.29 is 0 Å². The SMILES string of the molecule is CC1=[C]C(=C(c2ccccc2)c2ccccc2)C(C(C)(C)C)=C1. The fourth-order valence-corrected chi connectivity index (χ4v) is 3.04. The van der Waals surface area contributed by atoms with E-state index in [1.807, 2.05) is 0 Å². The van der Waals surface area contributed by atoms with E-state index in [0.717, 1.165) is 0 Å². The molecule has 0 N–H and O–H groups in total. The maximum atomic E-state index is 3.61. The molecule has 0 atom stereocenters. The molecule has 115 valence electrons. The summed E-state index contributed by atoms with van der Waals surface area (Å²) in [6, 6.07) is 21.3. The number of allylic oxidation sites excluding steroid dienone is 5. The van der Waals surface area contributed by atoms with Crippen LogP contribution in [-0.2, 0) is 0 Å². The Balaban J connectivity index is 2.30. The second-order valence-corrected chi connectivity index (χ2v) is 7.10. The molecule has 3 rings (SSSR count). The first kappa shape index (κ1) is 15.6. The summed E-state index contributed by atoms with van der Waals surface area (Å²) in [6.07, 6.45) is 5.89. The molecule has 1 aliphatic carbocycles. The number of rotatable bonds is 2. The summed E-state index contributed by atoms with van der Waals surface area (Å²) >= 11 is 0. The smallest absolute Gasteiger partial charge is 0.00295 e. The minimum absolute atomic E-state index is 0.0922. The summed E-state index contributed by atoms with van der Waals surface area (Å²) in [6.45, 7) is 8.94. The second-order valence-electron chi connectivity index (χ2n) is 7.10. The molecule has 0 unspecified atom stereocenters. The van der Waals surface area contributed by atoms with Gasteiger partial charge in [-0.2, -0.15) is 0 Å². The maximum absolute atomic E-state index is 3.61. The van der Waals surface area contributed by atoms with Crippen LogP contribution in [0.15, 0.2) is 83.5 Å². The predicted molar refractivity (Wildman–Crippen MR) is 98.9 cm³/mol. The van der Waals surface area contributed by atoms with Gasteiger partial charge in [0.1, 0.15) is 0 Å². The van der Waals surface area contributed by atoms with Gasteiger partial charge in [0.25, 0.3) is 0 Å². The Kier molecular flexibility index (Phi) is 4.09. The molecule has 0 saturated heterocycles. The predicted octanol–water partition coefficient (Wildman–Crippen LogP) is 6.22. The van der Waals surface area contributed by atoms with Gasteiger partial charge in [0.05, 0.1) is 0 Å². The first-order valence-corrected chi connectivity index (χ1v) is 8.15. The monoisotopic (exact) mass is 299 g/mol. The highest BCUT2D eigenvalue weighted by atomic mass is 14.3. The van der Waals surface area contributed by atoms with E-state index in [1.165, 1.54) is 33.4 Å². The molecule has 23 heavy (non-hydrogen) atoms. The van der Waals surface area contributed by atoms with E-state index in [-0.39, 0.29) is 5.41 Å². The Labute approximate surface area is 139 Å². The van der Waals surface area contributed by atoms with E-state index < -0.39 is 0 Å². The van der Waals surface area contributed by atoms with Crippen molar-refractivity contribution in [3.63, 3.8) is 0 Å². The largest absolute Gasteiger partial charge is 0.0622 e. The van der Waals surface area contributed by atoms with Gasteiger partial charge in [0, 0.05) is 0 Å². The van der Waals surface area contributed by atoms with Crippen LogP contribution in [0.3, 0.4) is 0 Å². The Morgan fingerprint density at radius 1 is 0.783 bits per heavy atom. The third-order valence-corrected chi connectivity index (χ3v) is 4.14. The van der Waals surface area contributed by atoms with Crippen molar-refractivity contribution in [2.24, 2.45) is 5.41 Å². The first-order chi connectivity index (χ1) is 11.0. The van der Waals surface area contributed by atoms with Crippen LogP contribution in [0.25, 0.3) is 5.57 Å².